The van der Waals surface area contributed by atoms with E-state index < -0.39 is 0 Å². The lowest BCUT2D eigenvalue weighted by atomic mass is 10.1. The molecule has 0 aromatic heterocycles. The minimum atomic E-state index is -0.385. The molecule has 92 valence electrons. The number of carbonyl (C=O) groups is 1. The van der Waals surface area contributed by atoms with Gasteiger partial charge in [-0.3, -0.25) is 4.79 Å². The van der Waals surface area contributed by atoms with Crippen molar-refractivity contribution in [2.75, 3.05) is 18.4 Å². The maximum Gasteiger partial charge on any atom is 0.250 e. The minimum absolute atomic E-state index is 0.385. The molecule has 1 aliphatic rings. The van der Waals surface area contributed by atoms with E-state index in [1.165, 1.54) is 12.8 Å². The van der Waals surface area contributed by atoms with Gasteiger partial charge in [0.1, 0.15) is 0 Å². The van der Waals surface area contributed by atoms with Crippen molar-refractivity contribution < 1.29 is 4.79 Å². The molecule has 4 N–H and O–H groups in total. The summed E-state index contributed by atoms with van der Waals surface area (Å²) in [5.74, 6) is -0.385. The van der Waals surface area contributed by atoms with Gasteiger partial charge in [0.15, 0.2) is 0 Å². The van der Waals surface area contributed by atoms with Gasteiger partial charge in [-0.25, -0.2) is 0 Å². The quantitative estimate of drug-likeness (QED) is 0.623. The van der Waals surface area contributed by atoms with E-state index in [-0.39, 0.29) is 5.91 Å². The van der Waals surface area contributed by atoms with E-state index >= 15 is 0 Å². The molecule has 0 spiro atoms. The summed E-state index contributed by atoms with van der Waals surface area (Å²) in [7, 11) is 0. The highest BCUT2D eigenvalue weighted by molar-refractivity contribution is 5.98. The van der Waals surface area contributed by atoms with Crippen LogP contribution in [0.2, 0.25) is 0 Å². The van der Waals surface area contributed by atoms with Gasteiger partial charge in [0.05, 0.1) is 5.56 Å². The third-order valence-corrected chi connectivity index (χ3v) is 2.87. The number of primary amides is 1. The van der Waals surface area contributed by atoms with Crippen molar-refractivity contribution in [1.82, 2.24) is 5.32 Å². The molecule has 0 saturated heterocycles. The topological polar surface area (TPSA) is 67.2 Å². The smallest absolute Gasteiger partial charge is 0.250 e. The van der Waals surface area contributed by atoms with Crippen LogP contribution in [0.5, 0.6) is 0 Å². The van der Waals surface area contributed by atoms with Gasteiger partial charge in [-0.05, 0) is 37.9 Å². The molecular formula is C13H19N3O. The van der Waals surface area contributed by atoms with Crippen LogP contribution in [-0.2, 0) is 0 Å². The molecule has 0 aliphatic heterocycles. The Balaban J connectivity index is 1.75. The third-order valence-electron chi connectivity index (χ3n) is 2.87. The first kappa shape index (κ1) is 11.9. The number of hydrogen-bond acceptors (Lipinski definition) is 3. The number of nitrogens with two attached hydrogens (primary N) is 1. The summed E-state index contributed by atoms with van der Waals surface area (Å²) in [6.07, 6.45) is 3.68. The van der Waals surface area contributed by atoms with Crippen LogP contribution < -0.4 is 16.4 Å². The van der Waals surface area contributed by atoms with Crippen molar-refractivity contribution in [1.29, 1.82) is 0 Å². The van der Waals surface area contributed by atoms with Gasteiger partial charge < -0.3 is 16.4 Å². The second-order valence-corrected chi connectivity index (χ2v) is 4.42. The highest BCUT2D eigenvalue weighted by Crippen LogP contribution is 2.18. The Morgan fingerprint density at radius 3 is 2.76 bits per heavy atom. The Kier molecular flexibility index (Phi) is 3.98. The van der Waals surface area contributed by atoms with Gasteiger partial charge in [0.25, 0.3) is 5.91 Å². The second kappa shape index (κ2) is 5.68. The lowest BCUT2D eigenvalue weighted by molar-refractivity contribution is 0.100. The summed E-state index contributed by atoms with van der Waals surface area (Å²) in [4.78, 5) is 11.2. The number of hydrogen-bond donors (Lipinski definition) is 3. The standard InChI is InChI=1S/C13H19N3O/c14-13(17)11-4-1-2-5-12(11)16-9-3-8-15-10-6-7-10/h1-2,4-5,10,15-16H,3,6-9H2,(H2,14,17). The summed E-state index contributed by atoms with van der Waals surface area (Å²) in [5.41, 5.74) is 6.69. The van der Waals surface area contributed by atoms with Crippen LogP contribution in [0.4, 0.5) is 5.69 Å². The molecule has 1 aliphatic carbocycles. The van der Waals surface area contributed by atoms with Crippen molar-refractivity contribution in [3.8, 4) is 0 Å². The Labute approximate surface area is 102 Å². The first-order chi connectivity index (χ1) is 8.27. The Hall–Kier alpha value is -1.55. The number of anilines is 1. The van der Waals surface area contributed by atoms with Crippen LogP contribution in [0.3, 0.4) is 0 Å². The van der Waals surface area contributed by atoms with Crippen LogP contribution in [-0.4, -0.2) is 25.0 Å². The molecule has 2 rings (SSSR count). The fourth-order valence-electron chi connectivity index (χ4n) is 1.76. The molecule has 0 bridgehead atoms. The summed E-state index contributed by atoms with van der Waals surface area (Å²) < 4.78 is 0. The zero-order chi connectivity index (χ0) is 12.1. The number of amides is 1. The SMILES string of the molecule is NC(=O)c1ccccc1NCCCNC1CC1. The van der Waals surface area contributed by atoms with E-state index in [1.54, 1.807) is 6.07 Å². The first-order valence-electron chi connectivity index (χ1n) is 6.13. The second-order valence-electron chi connectivity index (χ2n) is 4.42. The zero-order valence-electron chi connectivity index (χ0n) is 9.91. The molecule has 0 atom stereocenters. The Morgan fingerprint density at radius 1 is 1.29 bits per heavy atom. The number of nitrogens with one attached hydrogen (secondary N) is 2. The monoisotopic (exact) mass is 233 g/mol. The predicted octanol–water partition coefficient (Wildman–Crippen LogP) is 1.34. The molecule has 4 heteroatoms. The summed E-state index contributed by atoms with van der Waals surface area (Å²) >= 11 is 0. The van der Waals surface area contributed by atoms with Gasteiger partial charge >= 0.3 is 0 Å². The third kappa shape index (κ3) is 3.75. The Bertz CT molecular complexity index is 388. The average Bonchev–Trinajstić information content (AvgIpc) is 3.13. The molecule has 0 radical (unpaired) electrons. The van der Waals surface area contributed by atoms with Gasteiger partial charge in [-0.1, -0.05) is 12.1 Å². The predicted molar refractivity (Wildman–Crippen MR) is 69.1 cm³/mol. The molecule has 17 heavy (non-hydrogen) atoms. The van der Waals surface area contributed by atoms with E-state index in [1.807, 2.05) is 18.2 Å². The van der Waals surface area contributed by atoms with Gasteiger partial charge in [0, 0.05) is 18.3 Å². The van der Waals surface area contributed by atoms with Gasteiger partial charge in [-0.15, -0.1) is 0 Å². The maximum absolute atomic E-state index is 11.2. The van der Waals surface area contributed by atoms with E-state index in [2.05, 4.69) is 10.6 Å². The molecule has 1 aromatic carbocycles. The molecule has 1 saturated carbocycles. The first-order valence-corrected chi connectivity index (χ1v) is 6.13. The van der Waals surface area contributed by atoms with Crippen molar-refractivity contribution in [3.63, 3.8) is 0 Å². The number of carbonyl (C=O) groups excluding carboxylic acids is 1. The number of benzene rings is 1. The largest absolute Gasteiger partial charge is 0.384 e. The van der Waals surface area contributed by atoms with Crippen LogP contribution in [0.1, 0.15) is 29.6 Å². The fraction of sp³-hybridized carbons (Fsp3) is 0.462. The van der Waals surface area contributed by atoms with E-state index in [0.29, 0.717) is 5.56 Å². The normalized spacial score (nSPS) is 14.6. The molecule has 0 unspecified atom stereocenters. The molecule has 4 nitrogen and oxygen atoms in total. The van der Waals surface area contributed by atoms with Crippen LogP contribution >= 0.6 is 0 Å². The highest BCUT2D eigenvalue weighted by atomic mass is 16.1. The summed E-state index contributed by atoms with van der Waals surface area (Å²) in [5, 5.41) is 6.70. The molecule has 1 amide bonds. The Morgan fingerprint density at radius 2 is 2.06 bits per heavy atom. The van der Waals surface area contributed by atoms with Crippen molar-refractivity contribution in [3.05, 3.63) is 29.8 Å². The average molecular weight is 233 g/mol. The van der Waals surface area contributed by atoms with Gasteiger partial charge in [0.2, 0.25) is 0 Å². The van der Waals surface area contributed by atoms with Gasteiger partial charge in [-0.2, -0.15) is 0 Å². The molecule has 1 aromatic rings. The lowest BCUT2D eigenvalue weighted by Gasteiger charge is -2.09. The van der Waals surface area contributed by atoms with Crippen molar-refractivity contribution in [2.24, 2.45) is 5.73 Å². The summed E-state index contributed by atoms with van der Waals surface area (Å²) in [6.45, 7) is 1.88. The molecule has 1 fully saturated rings. The van der Waals surface area contributed by atoms with E-state index in [0.717, 1.165) is 31.2 Å². The highest BCUT2D eigenvalue weighted by Gasteiger charge is 2.19. The van der Waals surface area contributed by atoms with Crippen LogP contribution in [0, 0.1) is 0 Å². The minimum Gasteiger partial charge on any atom is -0.384 e. The zero-order valence-corrected chi connectivity index (χ0v) is 9.91. The molecular weight excluding hydrogens is 214 g/mol. The number of rotatable bonds is 7. The van der Waals surface area contributed by atoms with E-state index in [9.17, 15) is 4.79 Å². The maximum atomic E-state index is 11.2. The lowest BCUT2D eigenvalue weighted by Crippen LogP contribution is -2.20. The van der Waals surface area contributed by atoms with Crippen LogP contribution in [0.15, 0.2) is 24.3 Å². The molecule has 0 heterocycles. The van der Waals surface area contributed by atoms with Crippen molar-refractivity contribution in [2.45, 2.75) is 25.3 Å². The van der Waals surface area contributed by atoms with Crippen molar-refractivity contribution >= 4 is 11.6 Å². The number of para-hydroxylation sites is 1. The van der Waals surface area contributed by atoms with Crippen LogP contribution in [0.25, 0.3) is 0 Å². The van der Waals surface area contributed by atoms with E-state index in [4.69, 9.17) is 5.73 Å². The summed E-state index contributed by atoms with van der Waals surface area (Å²) in [6, 6.07) is 8.10. The fourth-order valence-corrected chi connectivity index (χ4v) is 1.76.